The van der Waals surface area contributed by atoms with Crippen LogP contribution in [0.15, 0.2) is 27.8 Å². The number of amides is 1. The number of hydrogen-bond donors (Lipinski definition) is 0. The van der Waals surface area contributed by atoms with E-state index in [1.165, 1.54) is 31.0 Å². The fourth-order valence-electron chi connectivity index (χ4n) is 4.77. The van der Waals surface area contributed by atoms with Gasteiger partial charge in [0.2, 0.25) is 0 Å². The molecular weight excluding hydrogens is 464 g/mol. The van der Waals surface area contributed by atoms with E-state index < -0.39 is 0 Å². The molecule has 35 heavy (non-hydrogen) atoms. The first-order chi connectivity index (χ1) is 17.0. The second-order valence-electron chi connectivity index (χ2n) is 9.29. The van der Waals surface area contributed by atoms with Crippen LogP contribution in [-0.4, -0.2) is 59.0 Å². The van der Waals surface area contributed by atoms with Crippen LogP contribution in [0.5, 0.6) is 0 Å². The zero-order valence-electron chi connectivity index (χ0n) is 21.0. The molecule has 2 aliphatic heterocycles. The lowest BCUT2D eigenvalue weighted by Crippen LogP contribution is -2.42. The van der Waals surface area contributed by atoms with Crippen molar-refractivity contribution in [3.63, 3.8) is 0 Å². The number of carbonyl (C=O) groups is 2. The molecule has 0 aliphatic carbocycles. The van der Waals surface area contributed by atoms with E-state index >= 15 is 0 Å². The molecule has 8 nitrogen and oxygen atoms in total. The highest BCUT2D eigenvalue weighted by Crippen LogP contribution is 2.28. The normalized spacial score (nSPS) is 20.7. The van der Waals surface area contributed by atoms with Crippen molar-refractivity contribution in [2.24, 2.45) is 5.92 Å². The Morgan fingerprint density at radius 3 is 2.77 bits per heavy atom. The summed E-state index contributed by atoms with van der Waals surface area (Å²) in [6.45, 7) is 8.54. The summed E-state index contributed by atoms with van der Waals surface area (Å²) in [4.78, 5) is 38.7. The number of piperidine rings is 2. The third kappa shape index (κ3) is 6.37. The molecule has 0 unspecified atom stereocenters. The predicted molar refractivity (Wildman–Crippen MR) is 136 cm³/mol. The van der Waals surface area contributed by atoms with Crippen molar-refractivity contribution in [2.45, 2.75) is 76.2 Å². The number of anilines is 1. The fraction of sp³-hybridized carbons (Fsp3) is 0.615. The van der Waals surface area contributed by atoms with Gasteiger partial charge in [-0.1, -0.05) is 18.7 Å². The number of aromatic nitrogens is 2. The molecular formula is C26H36N4O4S. The van der Waals surface area contributed by atoms with Crippen LogP contribution in [0.3, 0.4) is 0 Å². The minimum Gasteiger partial charge on any atom is -0.466 e. The second-order valence-corrected chi connectivity index (χ2v) is 10.2. The second kappa shape index (κ2) is 11.9. The highest BCUT2D eigenvalue weighted by molar-refractivity contribution is 7.98. The van der Waals surface area contributed by atoms with Crippen LogP contribution in [0.25, 0.3) is 0 Å². The van der Waals surface area contributed by atoms with E-state index in [0.29, 0.717) is 43.0 Å². The van der Waals surface area contributed by atoms with Crippen molar-refractivity contribution in [1.82, 2.24) is 14.9 Å². The summed E-state index contributed by atoms with van der Waals surface area (Å²) in [6.07, 6.45) is 6.03. The van der Waals surface area contributed by atoms with Crippen molar-refractivity contribution in [2.75, 3.05) is 31.1 Å². The number of likely N-dealkylation sites (tertiary alicyclic amines) is 1. The number of ether oxygens (including phenoxy) is 1. The molecule has 9 heteroatoms. The first-order valence-corrected chi connectivity index (χ1v) is 13.8. The number of hydrogen-bond acceptors (Lipinski definition) is 8. The Labute approximate surface area is 211 Å². The molecule has 0 N–H and O–H groups in total. The fourth-order valence-corrected chi connectivity index (χ4v) is 5.53. The highest BCUT2D eigenvalue weighted by atomic mass is 32.2. The minimum absolute atomic E-state index is 0.180. The molecule has 0 saturated carbocycles. The molecule has 2 aromatic rings. The summed E-state index contributed by atoms with van der Waals surface area (Å²) >= 11 is 1.52. The van der Waals surface area contributed by atoms with Crippen molar-refractivity contribution >= 4 is 29.5 Å². The van der Waals surface area contributed by atoms with E-state index in [1.807, 2.05) is 6.07 Å². The Morgan fingerprint density at radius 2 is 2.00 bits per heavy atom. The molecule has 0 spiro atoms. The van der Waals surface area contributed by atoms with Gasteiger partial charge in [-0.2, -0.15) is 0 Å². The summed E-state index contributed by atoms with van der Waals surface area (Å²) < 4.78 is 11.0. The Bertz CT molecular complexity index is 1030. The van der Waals surface area contributed by atoms with E-state index in [9.17, 15) is 9.59 Å². The lowest BCUT2D eigenvalue weighted by Gasteiger charge is -2.34. The number of furan rings is 1. The lowest BCUT2D eigenvalue weighted by atomic mass is 9.98. The van der Waals surface area contributed by atoms with Crippen molar-refractivity contribution in [3.8, 4) is 0 Å². The standard InChI is InChI=1S/C26H36N4O4S/c1-4-20-15-23(30-14-7-6-9-18(30)3)28-26(27-20)35-17-21-11-12-22(34-21)24(31)29-13-8-10-19(16-29)25(32)33-5-2/h11-12,15,18-19H,4-10,13-14,16-17H2,1-3H3/t18-,19+/m1/s1. The van der Waals surface area contributed by atoms with E-state index in [4.69, 9.17) is 19.1 Å². The molecule has 2 saturated heterocycles. The summed E-state index contributed by atoms with van der Waals surface area (Å²) in [5, 5.41) is 0.731. The molecule has 2 aliphatic rings. The van der Waals surface area contributed by atoms with Crippen molar-refractivity contribution in [3.05, 3.63) is 35.4 Å². The van der Waals surface area contributed by atoms with Crippen LogP contribution in [-0.2, 0) is 21.7 Å². The lowest BCUT2D eigenvalue weighted by molar-refractivity contribution is -0.149. The first kappa shape index (κ1) is 25.5. The number of nitrogens with zero attached hydrogens (tertiary/aromatic N) is 4. The number of thioether (sulfide) groups is 1. The molecule has 2 aromatic heterocycles. The Hall–Kier alpha value is -2.55. The van der Waals surface area contributed by atoms with Gasteiger partial charge in [0, 0.05) is 37.4 Å². The van der Waals surface area contributed by atoms with E-state index in [-0.39, 0.29) is 17.8 Å². The van der Waals surface area contributed by atoms with Crippen LogP contribution >= 0.6 is 11.8 Å². The maximum absolute atomic E-state index is 13.0. The molecule has 2 atom stereocenters. The zero-order chi connectivity index (χ0) is 24.8. The third-order valence-corrected chi connectivity index (χ3v) is 7.62. The predicted octanol–water partition coefficient (Wildman–Crippen LogP) is 4.72. The van der Waals surface area contributed by atoms with Gasteiger partial charge in [-0.15, -0.1) is 0 Å². The number of aryl methyl sites for hydroxylation is 1. The molecule has 4 rings (SSSR count). The van der Waals surface area contributed by atoms with Crippen LogP contribution < -0.4 is 4.90 Å². The summed E-state index contributed by atoms with van der Waals surface area (Å²) in [5.41, 5.74) is 1.03. The number of rotatable bonds is 8. The topological polar surface area (TPSA) is 88.8 Å². The van der Waals surface area contributed by atoms with Crippen LogP contribution in [0.2, 0.25) is 0 Å². The monoisotopic (exact) mass is 500 g/mol. The van der Waals surface area contributed by atoms with Crippen molar-refractivity contribution in [1.29, 1.82) is 0 Å². The zero-order valence-corrected chi connectivity index (χ0v) is 21.8. The SMILES string of the molecule is CCOC(=O)[C@H]1CCCN(C(=O)c2ccc(CSc3nc(CC)cc(N4CCCC[C@H]4C)n3)o2)C1. The average Bonchev–Trinajstić information content (AvgIpc) is 3.36. The van der Waals surface area contributed by atoms with Gasteiger partial charge in [0.05, 0.1) is 18.3 Å². The highest BCUT2D eigenvalue weighted by Gasteiger charge is 2.31. The van der Waals surface area contributed by atoms with Crippen LogP contribution in [0.4, 0.5) is 5.82 Å². The molecule has 190 valence electrons. The van der Waals surface area contributed by atoms with Gasteiger partial charge in [-0.25, -0.2) is 9.97 Å². The van der Waals surface area contributed by atoms with Gasteiger partial charge in [-0.3, -0.25) is 9.59 Å². The summed E-state index contributed by atoms with van der Waals surface area (Å²) in [7, 11) is 0. The maximum Gasteiger partial charge on any atom is 0.310 e. The molecule has 0 aromatic carbocycles. The van der Waals surface area contributed by atoms with Gasteiger partial charge < -0.3 is 19.0 Å². The van der Waals surface area contributed by atoms with Crippen LogP contribution in [0, 0.1) is 5.92 Å². The number of carbonyl (C=O) groups excluding carboxylic acids is 2. The molecule has 1 amide bonds. The molecule has 0 radical (unpaired) electrons. The van der Waals surface area contributed by atoms with Gasteiger partial charge in [0.25, 0.3) is 5.91 Å². The largest absolute Gasteiger partial charge is 0.466 e. The average molecular weight is 501 g/mol. The van der Waals surface area contributed by atoms with Gasteiger partial charge >= 0.3 is 5.97 Å². The van der Waals surface area contributed by atoms with Gasteiger partial charge in [0.1, 0.15) is 11.6 Å². The Kier molecular flexibility index (Phi) is 8.70. The third-order valence-electron chi connectivity index (χ3n) is 6.75. The minimum atomic E-state index is -0.266. The molecule has 4 heterocycles. The first-order valence-electron chi connectivity index (χ1n) is 12.8. The quantitative estimate of drug-likeness (QED) is 0.292. The molecule has 2 fully saturated rings. The van der Waals surface area contributed by atoms with Crippen LogP contribution in [0.1, 0.15) is 74.9 Å². The van der Waals surface area contributed by atoms with Gasteiger partial charge in [0.15, 0.2) is 10.9 Å². The Morgan fingerprint density at radius 1 is 1.14 bits per heavy atom. The number of esters is 1. The smallest absolute Gasteiger partial charge is 0.310 e. The van der Waals surface area contributed by atoms with E-state index in [1.54, 1.807) is 17.9 Å². The maximum atomic E-state index is 13.0. The molecule has 0 bridgehead atoms. The van der Waals surface area contributed by atoms with Gasteiger partial charge in [-0.05, 0) is 64.5 Å². The summed E-state index contributed by atoms with van der Waals surface area (Å²) in [6, 6.07) is 6.15. The summed E-state index contributed by atoms with van der Waals surface area (Å²) in [5.74, 6) is 1.88. The van der Waals surface area contributed by atoms with E-state index in [2.05, 4.69) is 24.8 Å². The van der Waals surface area contributed by atoms with Crippen molar-refractivity contribution < 1.29 is 18.7 Å². The Balaban J connectivity index is 1.39. The van der Waals surface area contributed by atoms with E-state index in [0.717, 1.165) is 42.5 Å².